The number of hydrogen-bond acceptors (Lipinski definition) is 3. The molecule has 148 valence electrons. The zero-order chi connectivity index (χ0) is 19.2. The van der Waals surface area contributed by atoms with Gasteiger partial charge in [-0.25, -0.2) is 4.79 Å². The number of ether oxygens (including phenoxy) is 1. The van der Waals surface area contributed by atoms with E-state index in [1.807, 2.05) is 43.0 Å². The summed E-state index contributed by atoms with van der Waals surface area (Å²) in [5.41, 5.74) is 1.10. The Morgan fingerprint density at radius 2 is 1.78 bits per heavy atom. The Morgan fingerprint density at radius 3 is 2.41 bits per heavy atom. The molecule has 1 aromatic rings. The van der Waals surface area contributed by atoms with Crippen molar-refractivity contribution in [3.63, 3.8) is 0 Å². The minimum Gasteiger partial charge on any atom is -0.491 e. The van der Waals surface area contributed by atoms with Gasteiger partial charge in [-0.2, -0.15) is 0 Å². The first-order valence-corrected chi connectivity index (χ1v) is 10.1. The number of nitrogens with one attached hydrogen (secondary N) is 1. The first-order chi connectivity index (χ1) is 13.0. The lowest BCUT2D eigenvalue weighted by molar-refractivity contribution is -0.139. The molecule has 0 radical (unpaired) electrons. The summed E-state index contributed by atoms with van der Waals surface area (Å²) in [6, 6.07) is 7.91. The average Bonchev–Trinajstić information content (AvgIpc) is 2.61. The quantitative estimate of drug-likeness (QED) is 0.834. The van der Waals surface area contributed by atoms with Crippen molar-refractivity contribution >= 4 is 11.9 Å². The summed E-state index contributed by atoms with van der Waals surface area (Å²) in [5, 5.41) is 3.00. The highest BCUT2D eigenvalue weighted by atomic mass is 16.5. The van der Waals surface area contributed by atoms with Crippen LogP contribution in [-0.2, 0) is 11.2 Å². The molecule has 0 atom stereocenters. The predicted octanol–water partition coefficient (Wildman–Crippen LogP) is 2.67. The molecule has 0 aromatic heterocycles. The lowest BCUT2D eigenvalue weighted by Gasteiger charge is -2.38. The molecule has 1 saturated heterocycles. The van der Waals surface area contributed by atoms with E-state index in [1.54, 1.807) is 4.90 Å². The van der Waals surface area contributed by atoms with Gasteiger partial charge in [-0.1, -0.05) is 24.6 Å². The van der Waals surface area contributed by atoms with Crippen molar-refractivity contribution in [2.45, 2.75) is 45.6 Å². The summed E-state index contributed by atoms with van der Waals surface area (Å²) < 4.78 is 5.83. The van der Waals surface area contributed by atoms with Gasteiger partial charge in [0.25, 0.3) is 0 Å². The summed E-state index contributed by atoms with van der Waals surface area (Å²) in [6.45, 7) is 7.09. The van der Waals surface area contributed by atoms with Crippen molar-refractivity contribution in [2.24, 2.45) is 5.92 Å². The third-order valence-corrected chi connectivity index (χ3v) is 5.34. The summed E-state index contributed by atoms with van der Waals surface area (Å²) in [6.07, 6.45) is 4.08. The van der Waals surface area contributed by atoms with Gasteiger partial charge in [0, 0.05) is 38.6 Å². The summed E-state index contributed by atoms with van der Waals surface area (Å²) in [4.78, 5) is 28.4. The summed E-state index contributed by atoms with van der Waals surface area (Å²) in [5.74, 6) is 1.39. The number of carbonyl (C=O) groups is 2. The number of piperazine rings is 1. The SMILES string of the molecule is CC(C)Oc1ccccc1CCNC(=O)N1CCN(C(=O)C2CCC2)CC1. The van der Waals surface area contributed by atoms with Crippen LogP contribution >= 0.6 is 0 Å². The first-order valence-electron chi connectivity index (χ1n) is 10.1. The van der Waals surface area contributed by atoms with Crippen molar-refractivity contribution in [1.82, 2.24) is 15.1 Å². The molecular weight excluding hydrogens is 342 g/mol. The van der Waals surface area contributed by atoms with Crippen molar-refractivity contribution in [3.05, 3.63) is 29.8 Å². The zero-order valence-electron chi connectivity index (χ0n) is 16.4. The minimum atomic E-state index is -0.0481. The minimum absolute atomic E-state index is 0.0481. The Kier molecular flexibility index (Phi) is 6.58. The van der Waals surface area contributed by atoms with E-state index in [0.717, 1.165) is 30.6 Å². The van der Waals surface area contributed by atoms with Crippen LogP contribution in [0.2, 0.25) is 0 Å². The molecule has 1 heterocycles. The topological polar surface area (TPSA) is 61.9 Å². The zero-order valence-corrected chi connectivity index (χ0v) is 16.4. The molecule has 1 N–H and O–H groups in total. The summed E-state index contributed by atoms with van der Waals surface area (Å²) >= 11 is 0. The number of nitrogens with zero attached hydrogens (tertiary/aromatic N) is 2. The molecule has 1 aliphatic heterocycles. The highest BCUT2D eigenvalue weighted by Gasteiger charge is 2.31. The van der Waals surface area contributed by atoms with Gasteiger partial charge in [0.2, 0.25) is 5.91 Å². The smallest absolute Gasteiger partial charge is 0.317 e. The third kappa shape index (κ3) is 5.15. The molecule has 3 rings (SSSR count). The molecule has 1 saturated carbocycles. The van der Waals surface area contributed by atoms with Crippen LogP contribution in [0.1, 0.15) is 38.7 Å². The summed E-state index contributed by atoms with van der Waals surface area (Å²) in [7, 11) is 0. The second kappa shape index (κ2) is 9.11. The Morgan fingerprint density at radius 1 is 1.11 bits per heavy atom. The normalized spacial score (nSPS) is 17.6. The van der Waals surface area contributed by atoms with E-state index in [-0.39, 0.29) is 24.0 Å². The van der Waals surface area contributed by atoms with Gasteiger partial charge < -0.3 is 19.9 Å². The van der Waals surface area contributed by atoms with E-state index in [4.69, 9.17) is 4.74 Å². The fraction of sp³-hybridized carbons (Fsp3) is 0.619. The van der Waals surface area contributed by atoms with Gasteiger partial charge in [-0.3, -0.25) is 4.79 Å². The van der Waals surface area contributed by atoms with Gasteiger partial charge in [0.1, 0.15) is 5.75 Å². The lowest BCUT2D eigenvalue weighted by Crippen LogP contribution is -2.54. The predicted molar refractivity (Wildman–Crippen MR) is 105 cm³/mol. The van der Waals surface area contributed by atoms with Crippen LogP contribution in [0.4, 0.5) is 4.79 Å². The van der Waals surface area contributed by atoms with Crippen LogP contribution in [0.3, 0.4) is 0 Å². The van der Waals surface area contributed by atoms with Crippen LogP contribution in [0.25, 0.3) is 0 Å². The van der Waals surface area contributed by atoms with Crippen molar-refractivity contribution in [2.75, 3.05) is 32.7 Å². The number of benzene rings is 1. The highest BCUT2D eigenvalue weighted by Crippen LogP contribution is 2.28. The van der Waals surface area contributed by atoms with Crippen molar-refractivity contribution in [3.8, 4) is 5.75 Å². The van der Waals surface area contributed by atoms with Gasteiger partial charge in [-0.05, 0) is 44.7 Å². The number of rotatable bonds is 6. The largest absolute Gasteiger partial charge is 0.491 e. The lowest BCUT2D eigenvalue weighted by atomic mass is 9.84. The second-order valence-electron chi connectivity index (χ2n) is 7.70. The maximum atomic E-state index is 12.4. The second-order valence-corrected chi connectivity index (χ2v) is 7.70. The third-order valence-electron chi connectivity index (χ3n) is 5.34. The molecule has 6 heteroatoms. The molecule has 3 amide bonds. The van der Waals surface area contributed by atoms with Gasteiger partial charge in [-0.15, -0.1) is 0 Å². The molecule has 1 aromatic carbocycles. The van der Waals surface area contributed by atoms with Crippen LogP contribution in [-0.4, -0.2) is 60.6 Å². The molecule has 0 bridgehead atoms. The molecule has 0 spiro atoms. The van der Waals surface area contributed by atoms with E-state index >= 15 is 0 Å². The van der Waals surface area contributed by atoms with E-state index in [1.165, 1.54) is 6.42 Å². The fourth-order valence-electron chi connectivity index (χ4n) is 3.54. The number of urea groups is 1. The van der Waals surface area contributed by atoms with Crippen molar-refractivity contribution in [1.29, 1.82) is 0 Å². The molecule has 2 aliphatic rings. The van der Waals surface area contributed by atoms with E-state index in [9.17, 15) is 9.59 Å². The molecule has 6 nitrogen and oxygen atoms in total. The number of carbonyl (C=O) groups excluding carboxylic acids is 2. The average molecular weight is 373 g/mol. The molecule has 27 heavy (non-hydrogen) atoms. The Bertz CT molecular complexity index is 650. The molecule has 1 aliphatic carbocycles. The number of para-hydroxylation sites is 1. The number of hydrogen-bond donors (Lipinski definition) is 1. The van der Waals surface area contributed by atoms with Crippen LogP contribution < -0.4 is 10.1 Å². The Labute approximate surface area is 161 Å². The van der Waals surface area contributed by atoms with Crippen molar-refractivity contribution < 1.29 is 14.3 Å². The fourth-order valence-corrected chi connectivity index (χ4v) is 3.54. The number of amides is 3. The van der Waals surface area contributed by atoms with Crippen LogP contribution in [0, 0.1) is 5.92 Å². The van der Waals surface area contributed by atoms with Crippen LogP contribution in [0.5, 0.6) is 5.75 Å². The molecule has 0 unspecified atom stereocenters. The van der Waals surface area contributed by atoms with E-state index in [2.05, 4.69) is 5.32 Å². The highest BCUT2D eigenvalue weighted by molar-refractivity contribution is 5.80. The van der Waals surface area contributed by atoms with Crippen LogP contribution in [0.15, 0.2) is 24.3 Å². The van der Waals surface area contributed by atoms with E-state index in [0.29, 0.717) is 32.7 Å². The molecule has 2 fully saturated rings. The Balaban J connectivity index is 1.41. The van der Waals surface area contributed by atoms with E-state index < -0.39 is 0 Å². The van der Waals surface area contributed by atoms with Gasteiger partial charge in [0.05, 0.1) is 6.10 Å². The van der Waals surface area contributed by atoms with Gasteiger partial charge >= 0.3 is 6.03 Å². The standard InChI is InChI=1S/C21H31N3O3/c1-16(2)27-19-9-4-3-6-17(19)10-11-22-21(26)24-14-12-23(13-15-24)20(25)18-7-5-8-18/h3-4,6,9,16,18H,5,7-8,10-15H2,1-2H3,(H,22,26). The monoisotopic (exact) mass is 373 g/mol. The maximum absolute atomic E-state index is 12.4. The Hall–Kier alpha value is -2.24. The first kappa shape index (κ1) is 19.5. The maximum Gasteiger partial charge on any atom is 0.317 e. The molecular formula is C21H31N3O3. The van der Waals surface area contributed by atoms with Gasteiger partial charge in [0.15, 0.2) is 0 Å².